The first-order chi connectivity index (χ1) is 44.2. The van der Waals surface area contributed by atoms with E-state index < -0.39 is 5.97 Å². The zero-order valence-electron chi connectivity index (χ0n) is 51.8. The Morgan fingerprint density at radius 1 is 0.411 bits per heavy atom. The van der Waals surface area contributed by atoms with Crippen molar-refractivity contribution in [1.29, 1.82) is 5.26 Å². The highest BCUT2D eigenvalue weighted by Crippen LogP contribution is 2.58. The van der Waals surface area contributed by atoms with E-state index in [2.05, 4.69) is 250 Å². The summed E-state index contributed by atoms with van der Waals surface area (Å²) < 4.78 is 0. The number of unbranched alkanes of at least 4 members (excludes halogenated alkanes) is 4. The number of fused-ring (bicyclic) bond motifs is 6. The molecule has 13 rings (SSSR count). The Balaban J connectivity index is 0.942. The molecule has 8 heteroatoms. The van der Waals surface area contributed by atoms with E-state index in [1.807, 2.05) is 29.5 Å². The number of benzene rings is 8. The molecule has 0 amide bonds. The van der Waals surface area contributed by atoms with Gasteiger partial charge in [-0.3, -0.25) is 0 Å². The van der Waals surface area contributed by atoms with Gasteiger partial charge in [-0.25, -0.2) is 4.79 Å². The van der Waals surface area contributed by atoms with Crippen molar-refractivity contribution in [2.24, 2.45) is 0 Å². The number of nitrogens with zero attached hydrogens (tertiary/aromatic N) is 3. The van der Waals surface area contributed by atoms with Crippen molar-refractivity contribution >= 4 is 80.2 Å². The second-order valence-corrected chi connectivity index (χ2v) is 27.5. The fraction of sp³-hybridized carbons (Fsp3) is 0.220. The van der Waals surface area contributed by atoms with E-state index in [0.717, 1.165) is 110 Å². The van der Waals surface area contributed by atoms with Crippen LogP contribution < -0.4 is 9.80 Å². The van der Waals surface area contributed by atoms with Crippen LogP contribution in [0.5, 0.6) is 0 Å². The predicted octanol–water partition coefficient (Wildman–Crippen LogP) is 24.8. The minimum atomic E-state index is -1.23. The minimum absolute atomic E-state index is 0.0615. The lowest BCUT2D eigenvalue weighted by atomic mass is 9.70. The van der Waals surface area contributed by atoms with Gasteiger partial charge < -0.3 is 14.9 Å². The highest BCUT2D eigenvalue weighted by Gasteiger charge is 2.44. The Morgan fingerprint density at radius 3 is 1.31 bits per heavy atom. The summed E-state index contributed by atoms with van der Waals surface area (Å²) in [5.41, 5.74) is 21.2. The van der Waals surface area contributed by atoms with Gasteiger partial charge >= 0.3 is 5.97 Å². The number of nitriles is 1. The third kappa shape index (κ3) is 11.3. The third-order valence-electron chi connectivity index (χ3n) is 18.8. The summed E-state index contributed by atoms with van der Waals surface area (Å²) in [6, 6.07) is 85.4. The normalized spacial score (nSPS) is 13.3. The van der Waals surface area contributed by atoms with Crippen molar-refractivity contribution < 1.29 is 9.90 Å². The van der Waals surface area contributed by atoms with Crippen LogP contribution in [0.3, 0.4) is 0 Å². The summed E-state index contributed by atoms with van der Waals surface area (Å²) in [7, 11) is 0. The monoisotopic (exact) mass is 1230 g/mol. The van der Waals surface area contributed by atoms with Gasteiger partial charge in [0, 0.05) is 74.9 Å². The van der Waals surface area contributed by atoms with E-state index in [1.54, 1.807) is 11.3 Å². The summed E-state index contributed by atoms with van der Waals surface area (Å²) in [6.45, 7) is 9.36. The van der Waals surface area contributed by atoms with Crippen LogP contribution in [0, 0.1) is 11.3 Å². The first-order valence-electron chi connectivity index (χ1n) is 32.3. The number of para-hydroxylation sites is 2. The Labute approximate surface area is 543 Å². The van der Waals surface area contributed by atoms with Gasteiger partial charge in [0.05, 0.1) is 4.88 Å². The van der Waals surface area contributed by atoms with E-state index in [-0.39, 0.29) is 16.4 Å². The zero-order valence-corrected chi connectivity index (χ0v) is 54.3. The maximum Gasteiger partial charge on any atom is 0.346 e. The molecule has 1 N–H and O–H groups in total. The van der Waals surface area contributed by atoms with Crippen LogP contribution >= 0.6 is 34.0 Å². The van der Waals surface area contributed by atoms with Gasteiger partial charge in [0.15, 0.2) is 0 Å². The molecule has 2 aliphatic rings. The molecule has 448 valence electrons. The van der Waals surface area contributed by atoms with E-state index in [0.29, 0.717) is 0 Å². The van der Waals surface area contributed by atoms with Crippen molar-refractivity contribution in [2.45, 2.75) is 116 Å². The van der Waals surface area contributed by atoms with Crippen LogP contribution in [-0.4, -0.2) is 11.1 Å². The second kappa shape index (κ2) is 26.3. The number of hydrogen-bond donors (Lipinski definition) is 1. The number of thiophene rings is 3. The number of carboxylic acid groups (broad SMARTS) is 1. The molecule has 0 saturated carbocycles. The lowest BCUT2D eigenvalue weighted by Gasteiger charge is -2.35. The number of rotatable bonds is 24. The topological polar surface area (TPSA) is 67.6 Å². The third-order valence-corrected chi connectivity index (χ3v) is 22.5. The summed E-state index contributed by atoms with van der Waals surface area (Å²) >= 11 is 5.04. The Kier molecular flexibility index (Phi) is 17.6. The molecule has 0 atom stereocenters. The summed E-state index contributed by atoms with van der Waals surface area (Å²) in [5.74, 6) is -1.23. The molecule has 0 spiro atoms. The van der Waals surface area contributed by atoms with E-state index in [4.69, 9.17) is 0 Å². The Bertz CT molecular complexity index is 4250. The van der Waals surface area contributed by atoms with Gasteiger partial charge in [0.1, 0.15) is 11.6 Å². The number of carboxylic acids is 1. The smallest absolute Gasteiger partial charge is 0.346 e. The van der Waals surface area contributed by atoms with Gasteiger partial charge in [-0.05, 0) is 191 Å². The molecule has 8 aromatic carbocycles. The molecule has 90 heavy (non-hydrogen) atoms. The molecule has 0 unspecified atom stereocenters. The van der Waals surface area contributed by atoms with Gasteiger partial charge in [0.2, 0.25) is 0 Å². The van der Waals surface area contributed by atoms with Crippen LogP contribution in [0.1, 0.15) is 132 Å². The maximum absolute atomic E-state index is 11.8. The van der Waals surface area contributed by atoms with Crippen molar-refractivity contribution in [3.63, 3.8) is 0 Å². The largest absolute Gasteiger partial charge is 0.477 e. The molecule has 5 nitrogen and oxygen atoms in total. The Morgan fingerprint density at radius 2 is 0.822 bits per heavy atom. The van der Waals surface area contributed by atoms with Crippen LogP contribution in [0.4, 0.5) is 34.1 Å². The first-order valence-corrected chi connectivity index (χ1v) is 34.7. The molecule has 0 radical (unpaired) electrons. The van der Waals surface area contributed by atoms with E-state index in [1.165, 1.54) is 109 Å². The predicted molar refractivity (Wildman–Crippen MR) is 383 cm³/mol. The van der Waals surface area contributed by atoms with Crippen molar-refractivity contribution in [1.82, 2.24) is 0 Å². The number of aliphatic carboxylic acids is 1. The molecule has 3 heterocycles. The van der Waals surface area contributed by atoms with E-state index >= 15 is 0 Å². The molecule has 0 aliphatic heterocycles. The fourth-order valence-corrected chi connectivity index (χ4v) is 17.7. The van der Waals surface area contributed by atoms with Crippen LogP contribution in [0.15, 0.2) is 230 Å². The standard InChI is InChI=1S/C82H75N3O2S3/c1-5-9-47-81(48-10-6-2)71-29-21-19-27-66(71)68-42-39-63(52-73(68)81)85(64-40-43-69-67-28-20-22-30-72(67)82(49-11-7-3,50-12-8-4)74(69)53-64)62-37-33-57(34-38-62)78-54-70(56-31-35-61(36-32-56)84(59-23-15-13-16-24-59)60-25-17-14-18-26-60)79(90-78)77-46-45-76(89-77)75-44-41-65(88-75)51-58(55-83)80(86)87/h13-46,51-54H,5-12,47-50H2,1-4H3,(H,86,87)/b58-51+. The van der Waals surface area contributed by atoms with Gasteiger partial charge in [-0.2, -0.15) is 5.26 Å². The summed E-state index contributed by atoms with van der Waals surface area (Å²) in [5, 5.41) is 19.1. The zero-order chi connectivity index (χ0) is 61.8. The molecule has 3 aromatic heterocycles. The quantitative estimate of drug-likeness (QED) is 0.0482. The van der Waals surface area contributed by atoms with Gasteiger partial charge in [0.25, 0.3) is 0 Å². The molecule has 11 aromatic rings. The van der Waals surface area contributed by atoms with Crippen molar-refractivity contribution in [3.05, 3.63) is 257 Å². The molecule has 2 aliphatic carbocycles. The SMILES string of the molecule is CCCCC1(CCCC)c2ccccc2-c2ccc(N(c3ccc(-c4cc(-c5ccc(N(c6ccccc6)c6ccccc6)cc5)c(-c5ccc(-c6ccc(/C=C(\C#N)C(=O)O)s6)s5)s4)cc3)c3ccc4c(c3)C(CCCC)(CCCC)c3ccccc3-4)cc21. The van der Waals surface area contributed by atoms with Crippen LogP contribution in [0.2, 0.25) is 0 Å². The summed E-state index contributed by atoms with van der Waals surface area (Å²) in [6.07, 6.45) is 15.3. The minimum Gasteiger partial charge on any atom is -0.477 e. The highest BCUT2D eigenvalue weighted by molar-refractivity contribution is 7.27. The van der Waals surface area contributed by atoms with E-state index in [9.17, 15) is 15.2 Å². The van der Waals surface area contributed by atoms with Crippen LogP contribution in [0.25, 0.3) is 69.4 Å². The molecule has 0 fully saturated rings. The molecular weight excluding hydrogens is 1160 g/mol. The molecule has 0 saturated heterocycles. The maximum atomic E-state index is 11.8. The molecule has 0 bridgehead atoms. The molecular formula is C82H75N3O2S3. The average Bonchev–Trinajstić information content (AvgIpc) is 1.57. The average molecular weight is 1230 g/mol. The lowest BCUT2D eigenvalue weighted by Crippen LogP contribution is -2.26. The number of anilines is 6. The first kappa shape index (κ1) is 60.1. The number of carbonyl (C=O) groups is 1. The summed E-state index contributed by atoms with van der Waals surface area (Å²) in [4.78, 5) is 23.0. The van der Waals surface area contributed by atoms with Crippen LogP contribution in [-0.2, 0) is 15.6 Å². The Hall–Kier alpha value is -8.84. The van der Waals surface area contributed by atoms with Crippen molar-refractivity contribution in [2.75, 3.05) is 9.80 Å². The highest BCUT2D eigenvalue weighted by atomic mass is 32.1. The second-order valence-electron chi connectivity index (χ2n) is 24.3. The number of hydrogen-bond acceptors (Lipinski definition) is 7. The lowest BCUT2D eigenvalue weighted by molar-refractivity contribution is -0.132. The van der Waals surface area contributed by atoms with Crippen molar-refractivity contribution in [3.8, 4) is 69.4 Å². The fourth-order valence-electron chi connectivity index (χ4n) is 14.4. The van der Waals surface area contributed by atoms with Gasteiger partial charge in [-0.1, -0.05) is 200 Å². The van der Waals surface area contributed by atoms with Gasteiger partial charge in [-0.15, -0.1) is 34.0 Å².